The molecule has 0 saturated heterocycles. The number of amides is 1. The largest absolute Gasteiger partial charge is 0.281 e. The lowest BCUT2D eigenvalue weighted by Gasteiger charge is -2.30. The first-order chi connectivity index (χ1) is 9.95. The Bertz CT molecular complexity index is 611. The van der Waals surface area contributed by atoms with E-state index < -0.39 is 0 Å². The summed E-state index contributed by atoms with van der Waals surface area (Å²) in [4.78, 5) is 14.4. The molecule has 0 bridgehead atoms. The van der Waals surface area contributed by atoms with Gasteiger partial charge in [-0.1, -0.05) is 64.1 Å². The highest BCUT2D eigenvalue weighted by molar-refractivity contribution is 6.01. The van der Waals surface area contributed by atoms with Crippen LogP contribution >= 0.6 is 0 Å². The van der Waals surface area contributed by atoms with Crippen molar-refractivity contribution in [1.29, 1.82) is 0 Å². The molecule has 2 aromatic rings. The molecule has 0 atom stereocenters. The highest BCUT2D eigenvalue weighted by Gasteiger charge is 2.24. The van der Waals surface area contributed by atoms with E-state index in [9.17, 15) is 4.79 Å². The van der Waals surface area contributed by atoms with E-state index in [2.05, 4.69) is 26.8 Å². The quantitative estimate of drug-likeness (QED) is 0.770. The second-order valence-electron chi connectivity index (χ2n) is 6.19. The molecule has 0 saturated carbocycles. The van der Waals surface area contributed by atoms with Gasteiger partial charge in [0.25, 0.3) is 0 Å². The van der Waals surface area contributed by atoms with Crippen LogP contribution in [0.15, 0.2) is 54.6 Å². The minimum Gasteiger partial charge on any atom is -0.281 e. The summed E-state index contributed by atoms with van der Waals surface area (Å²) in [6.07, 6.45) is 0.480. The molecule has 0 aliphatic rings. The molecule has 2 rings (SSSR count). The third-order valence-electron chi connectivity index (χ3n) is 3.52. The first kappa shape index (κ1) is 15.3. The molecule has 0 spiro atoms. The van der Waals surface area contributed by atoms with E-state index in [1.807, 2.05) is 60.4 Å². The van der Waals surface area contributed by atoms with Crippen molar-refractivity contribution < 1.29 is 4.79 Å². The van der Waals surface area contributed by atoms with E-state index in [1.54, 1.807) is 0 Å². The lowest BCUT2D eigenvalue weighted by atomic mass is 9.85. The maximum Gasteiger partial charge on any atom is 0.231 e. The number of nitrogens with zero attached hydrogens (tertiary/aromatic N) is 1. The van der Waals surface area contributed by atoms with Crippen LogP contribution in [0.4, 0.5) is 11.4 Å². The monoisotopic (exact) mass is 281 g/mol. The van der Waals surface area contributed by atoms with Gasteiger partial charge in [0.2, 0.25) is 5.91 Å². The van der Waals surface area contributed by atoms with Crippen LogP contribution in [0.1, 0.15) is 39.7 Å². The van der Waals surface area contributed by atoms with Crippen molar-refractivity contribution in [3.63, 3.8) is 0 Å². The zero-order valence-corrected chi connectivity index (χ0v) is 13.3. The molecule has 2 nitrogen and oxygen atoms in total. The Morgan fingerprint density at radius 3 is 2.10 bits per heavy atom. The number of hydrogen-bond donors (Lipinski definition) is 0. The van der Waals surface area contributed by atoms with Gasteiger partial charge in [0.05, 0.1) is 5.69 Å². The molecule has 0 aliphatic heterocycles. The standard InChI is InChI=1S/C19H23NO/c1-5-18(21)20(15-11-7-6-8-12-15)17-14-10-9-13-16(17)19(2,3)4/h6-14H,5H2,1-4H3. The molecule has 0 N–H and O–H groups in total. The van der Waals surface area contributed by atoms with Gasteiger partial charge in [-0.05, 0) is 29.2 Å². The maximum absolute atomic E-state index is 12.5. The van der Waals surface area contributed by atoms with Crippen LogP contribution in [0.5, 0.6) is 0 Å². The topological polar surface area (TPSA) is 20.3 Å². The molecule has 0 heterocycles. The fraction of sp³-hybridized carbons (Fsp3) is 0.316. The number of benzene rings is 2. The number of rotatable bonds is 3. The average Bonchev–Trinajstić information content (AvgIpc) is 2.48. The summed E-state index contributed by atoms with van der Waals surface area (Å²) in [6, 6.07) is 18.0. The summed E-state index contributed by atoms with van der Waals surface area (Å²) in [5, 5.41) is 0. The summed E-state index contributed by atoms with van der Waals surface area (Å²) < 4.78 is 0. The molecule has 0 fully saturated rings. The van der Waals surface area contributed by atoms with Crippen molar-refractivity contribution in [2.75, 3.05) is 4.90 Å². The highest BCUT2D eigenvalue weighted by atomic mass is 16.2. The number of para-hydroxylation sites is 2. The van der Waals surface area contributed by atoms with Crippen molar-refractivity contribution in [1.82, 2.24) is 0 Å². The van der Waals surface area contributed by atoms with Gasteiger partial charge in [-0.2, -0.15) is 0 Å². The average molecular weight is 281 g/mol. The summed E-state index contributed by atoms with van der Waals surface area (Å²) in [5.41, 5.74) is 3.05. The summed E-state index contributed by atoms with van der Waals surface area (Å²) in [6.45, 7) is 8.42. The van der Waals surface area contributed by atoms with Crippen LogP contribution in [-0.4, -0.2) is 5.91 Å². The van der Waals surface area contributed by atoms with Crippen LogP contribution in [0.3, 0.4) is 0 Å². The minimum absolute atomic E-state index is 0.0162. The van der Waals surface area contributed by atoms with E-state index >= 15 is 0 Å². The lowest BCUT2D eigenvalue weighted by molar-refractivity contribution is -0.117. The molecule has 21 heavy (non-hydrogen) atoms. The molecule has 0 aliphatic carbocycles. The zero-order valence-electron chi connectivity index (χ0n) is 13.3. The summed E-state index contributed by atoms with van der Waals surface area (Å²) >= 11 is 0. The summed E-state index contributed by atoms with van der Waals surface area (Å²) in [5.74, 6) is 0.109. The second kappa shape index (κ2) is 6.13. The Morgan fingerprint density at radius 2 is 1.52 bits per heavy atom. The highest BCUT2D eigenvalue weighted by Crippen LogP contribution is 2.35. The fourth-order valence-corrected chi connectivity index (χ4v) is 2.46. The molecule has 2 aromatic carbocycles. The van der Waals surface area contributed by atoms with Gasteiger partial charge in [-0.15, -0.1) is 0 Å². The number of anilines is 2. The third-order valence-corrected chi connectivity index (χ3v) is 3.52. The van der Waals surface area contributed by atoms with Gasteiger partial charge >= 0.3 is 0 Å². The van der Waals surface area contributed by atoms with Crippen LogP contribution in [-0.2, 0) is 10.2 Å². The molecular formula is C19H23NO. The lowest BCUT2D eigenvalue weighted by Crippen LogP contribution is -2.28. The molecule has 0 aromatic heterocycles. The Labute approximate surface area is 127 Å². The number of carbonyl (C=O) groups excluding carboxylic acids is 1. The van der Waals surface area contributed by atoms with Gasteiger partial charge < -0.3 is 0 Å². The van der Waals surface area contributed by atoms with E-state index in [0.29, 0.717) is 6.42 Å². The smallest absolute Gasteiger partial charge is 0.231 e. The van der Waals surface area contributed by atoms with Crippen LogP contribution in [0.2, 0.25) is 0 Å². The van der Waals surface area contributed by atoms with Gasteiger partial charge in [-0.3, -0.25) is 9.69 Å². The molecule has 0 unspecified atom stereocenters. The van der Waals surface area contributed by atoms with Crippen LogP contribution < -0.4 is 4.90 Å². The molecule has 0 radical (unpaired) electrons. The van der Waals surface area contributed by atoms with Gasteiger partial charge in [0, 0.05) is 12.1 Å². The van der Waals surface area contributed by atoms with Crippen molar-refractivity contribution in [2.24, 2.45) is 0 Å². The SMILES string of the molecule is CCC(=O)N(c1ccccc1)c1ccccc1C(C)(C)C. The Kier molecular flexibility index (Phi) is 4.46. The van der Waals surface area contributed by atoms with Crippen molar-refractivity contribution >= 4 is 17.3 Å². The van der Waals surface area contributed by atoms with Gasteiger partial charge in [0.15, 0.2) is 0 Å². The van der Waals surface area contributed by atoms with Gasteiger partial charge in [-0.25, -0.2) is 0 Å². The Balaban J connectivity index is 2.61. The predicted octanol–water partition coefficient (Wildman–Crippen LogP) is 5.06. The second-order valence-corrected chi connectivity index (χ2v) is 6.19. The molecule has 110 valence electrons. The van der Waals surface area contributed by atoms with E-state index in [-0.39, 0.29) is 11.3 Å². The van der Waals surface area contributed by atoms with Crippen LogP contribution in [0.25, 0.3) is 0 Å². The van der Waals surface area contributed by atoms with Gasteiger partial charge in [0.1, 0.15) is 0 Å². The number of carbonyl (C=O) groups is 1. The molecule has 2 heteroatoms. The molecule has 1 amide bonds. The zero-order chi connectivity index (χ0) is 15.5. The Hall–Kier alpha value is -2.09. The first-order valence-electron chi connectivity index (χ1n) is 7.42. The van der Waals surface area contributed by atoms with E-state index in [1.165, 1.54) is 5.56 Å². The van der Waals surface area contributed by atoms with E-state index in [4.69, 9.17) is 0 Å². The first-order valence-corrected chi connectivity index (χ1v) is 7.42. The Morgan fingerprint density at radius 1 is 0.952 bits per heavy atom. The van der Waals surface area contributed by atoms with Crippen molar-refractivity contribution in [2.45, 2.75) is 39.5 Å². The fourth-order valence-electron chi connectivity index (χ4n) is 2.46. The third kappa shape index (κ3) is 3.33. The maximum atomic E-state index is 12.5. The molecular weight excluding hydrogens is 258 g/mol. The number of hydrogen-bond acceptors (Lipinski definition) is 1. The van der Waals surface area contributed by atoms with Crippen molar-refractivity contribution in [3.8, 4) is 0 Å². The van der Waals surface area contributed by atoms with Crippen molar-refractivity contribution in [3.05, 3.63) is 60.2 Å². The normalized spacial score (nSPS) is 11.2. The van der Waals surface area contributed by atoms with Crippen LogP contribution in [0, 0.1) is 0 Å². The van der Waals surface area contributed by atoms with E-state index in [0.717, 1.165) is 11.4 Å². The minimum atomic E-state index is -0.0162. The summed E-state index contributed by atoms with van der Waals surface area (Å²) in [7, 11) is 0. The predicted molar refractivity (Wildman–Crippen MR) is 89.0 cm³/mol.